The lowest BCUT2D eigenvalue weighted by atomic mass is 10.2. The Morgan fingerprint density at radius 3 is 2.68 bits per heavy atom. The standard InChI is InChI=1S/C15H12Cl2N2O3/c1-22-14-5-3-9(6-13(14)20)15(21)19-18-8-10-2-4-11(16)7-12(10)17/h2-8,20H,1H3,(H,19,21)/b18-8+. The number of nitrogens with one attached hydrogen (secondary N) is 1. The number of hydrogen-bond donors (Lipinski definition) is 2. The lowest BCUT2D eigenvalue weighted by Crippen LogP contribution is -2.17. The average Bonchev–Trinajstić information content (AvgIpc) is 2.49. The van der Waals surface area contributed by atoms with E-state index in [1.54, 1.807) is 18.2 Å². The number of nitrogens with zero attached hydrogens (tertiary/aromatic N) is 1. The minimum absolute atomic E-state index is 0.125. The van der Waals surface area contributed by atoms with E-state index in [1.165, 1.54) is 31.5 Å². The fourth-order valence-corrected chi connectivity index (χ4v) is 2.12. The van der Waals surface area contributed by atoms with Gasteiger partial charge >= 0.3 is 0 Å². The molecule has 0 saturated heterocycles. The van der Waals surface area contributed by atoms with E-state index in [-0.39, 0.29) is 17.1 Å². The van der Waals surface area contributed by atoms with Crippen molar-refractivity contribution in [3.8, 4) is 11.5 Å². The number of phenolic OH excluding ortho intramolecular Hbond substituents is 1. The highest BCUT2D eigenvalue weighted by molar-refractivity contribution is 6.36. The first kappa shape index (κ1) is 16.1. The molecule has 0 aromatic heterocycles. The molecule has 0 spiro atoms. The predicted molar refractivity (Wildman–Crippen MR) is 86.2 cm³/mol. The summed E-state index contributed by atoms with van der Waals surface area (Å²) in [5.41, 5.74) is 3.20. The van der Waals surface area contributed by atoms with Gasteiger partial charge in [-0.15, -0.1) is 0 Å². The molecule has 2 N–H and O–H groups in total. The van der Waals surface area contributed by atoms with Crippen molar-refractivity contribution >= 4 is 35.3 Å². The SMILES string of the molecule is COc1ccc(C(=O)N/N=C/c2ccc(Cl)cc2Cl)cc1O. The topological polar surface area (TPSA) is 70.9 Å². The van der Waals surface area contributed by atoms with Gasteiger partial charge in [-0.1, -0.05) is 29.3 Å². The largest absolute Gasteiger partial charge is 0.504 e. The number of ether oxygens (including phenoxy) is 1. The zero-order valence-electron chi connectivity index (χ0n) is 11.5. The number of hydrogen-bond acceptors (Lipinski definition) is 4. The number of methoxy groups -OCH3 is 1. The summed E-state index contributed by atoms with van der Waals surface area (Å²) in [6.45, 7) is 0. The molecule has 0 radical (unpaired) electrons. The molecule has 5 nitrogen and oxygen atoms in total. The van der Waals surface area contributed by atoms with Crippen LogP contribution in [0.4, 0.5) is 0 Å². The van der Waals surface area contributed by atoms with Crippen LogP contribution in [0.15, 0.2) is 41.5 Å². The maximum absolute atomic E-state index is 11.9. The maximum Gasteiger partial charge on any atom is 0.271 e. The molecule has 2 aromatic rings. The second-order valence-corrected chi connectivity index (χ2v) is 5.10. The van der Waals surface area contributed by atoms with Gasteiger partial charge in [0.15, 0.2) is 11.5 Å². The molecular weight excluding hydrogens is 327 g/mol. The summed E-state index contributed by atoms with van der Waals surface area (Å²) in [4.78, 5) is 11.9. The van der Waals surface area contributed by atoms with Crippen molar-refractivity contribution in [1.82, 2.24) is 5.43 Å². The Hall–Kier alpha value is -2.24. The summed E-state index contributed by atoms with van der Waals surface area (Å²) in [5, 5.41) is 14.4. The van der Waals surface area contributed by atoms with Crippen molar-refractivity contribution in [3.63, 3.8) is 0 Å². The quantitative estimate of drug-likeness (QED) is 0.662. The smallest absolute Gasteiger partial charge is 0.271 e. The third kappa shape index (κ3) is 3.90. The van der Waals surface area contributed by atoms with E-state index < -0.39 is 5.91 Å². The first-order valence-electron chi connectivity index (χ1n) is 6.16. The fraction of sp³-hybridized carbons (Fsp3) is 0.0667. The Labute approximate surface area is 137 Å². The number of aromatic hydroxyl groups is 1. The van der Waals surface area contributed by atoms with Crippen LogP contribution in [0.3, 0.4) is 0 Å². The summed E-state index contributed by atoms with van der Waals surface area (Å²) < 4.78 is 4.90. The molecule has 114 valence electrons. The van der Waals surface area contributed by atoms with E-state index in [2.05, 4.69) is 10.5 Å². The maximum atomic E-state index is 11.9. The van der Waals surface area contributed by atoms with E-state index in [0.717, 1.165) is 0 Å². The van der Waals surface area contributed by atoms with Crippen molar-refractivity contribution in [2.45, 2.75) is 0 Å². The highest BCUT2D eigenvalue weighted by atomic mass is 35.5. The van der Waals surface area contributed by atoms with E-state index in [0.29, 0.717) is 15.6 Å². The lowest BCUT2D eigenvalue weighted by Gasteiger charge is -2.05. The summed E-state index contributed by atoms with van der Waals surface area (Å²) in [6.07, 6.45) is 1.40. The summed E-state index contributed by atoms with van der Waals surface area (Å²) in [5.74, 6) is -0.313. The van der Waals surface area contributed by atoms with Gasteiger partial charge in [-0.05, 0) is 30.3 Å². The molecule has 0 unspecified atom stereocenters. The Bertz CT molecular complexity index is 733. The van der Waals surface area contributed by atoms with Gasteiger partial charge in [0.05, 0.1) is 18.3 Å². The van der Waals surface area contributed by atoms with Gasteiger partial charge in [-0.2, -0.15) is 5.10 Å². The molecule has 2 rings (SSSR count). The van der Waals surface area contributed by atoms with Crippen LogP contribution in [0.2, 0.25) is 10.0 Å². The molecule has 0 fully saturated rings. The van der Waals surface area contributed by atoms with Crippen LogP contribution < -0.4 is 10.2 Å². The summed E-state index contributed by atoms with van der Waals surface area (Å²) >= 11 is 11.8. The fourth-order valence-electron chi connectivity index (χ4n) is 1.66. The van der Waals surface area contributed by atoms with Crippen molar-refractivity contribution in [3.05, 3.63) is 57.6 Å². The van der Waals surface area contributed by atoms with Crippen LogP contribution in [0.25, 0.3) is 0 Å². The minimum atomic E-state index is -0.473. The van der Waals surface area contributed by atoms with Crippen molar-refractivity contribution in [2.24, 2.45) is 5.10 Å². The summed E-state index contributed by atoms with van der Waals surface area (Å²) in [7, 11) is 1.43. The molecule has 0 aliphatic carbocycles. The van der Waals surface area contributed by atoms with E-state index in [9.17, 15) is 9.90 Å². The Morgan fingerprint density at radius 2 is 2.05 bits per heavy atom. The molecule has 0 atom stereocenters. The van der Waals surface area contributed by atoms with Crippen LogP contribution in [-0.2, 0) is 0 Å². The third-order valence-corrected chi connectivity index (χ3v) is 3.34. The van der Waals surface area contributed by atoms with Crippen LogP contribution in [0.5, 0.6) is 11.5 Å². The zero-order chi connectivity index (χ0) is 16.1. The monoisotopic (exact) mass is 338 g/mol. The second kappa shape index (κ2) is 7.15. The molecule has 2 aromatic carbocycles. The first-order valence-corrected chi connectivity index (χ1v) is 6.92. The van der Waals surface area contributed by atoms with Gasteiger partial charge < -0.3 is 9.84 Å². The van der Waals surface area contributed by atoms with E-state index in [1.807, 2.05) is 0 Å². The molecule has 22 heavy (non-hydrogen) atoms. The Balaban J connectivity index is 2.06. The molecule has 0 aliphatic rings. The normalized spacial score (nSPS) is 10.7. The van der Waals surface area contributed by atoms with Gasteiger partial charge in [0.2, 0.25) is 0 Å². The molecule has 7 heteroatoms. The number of halogens is 2. The van der Waals surface area contributed by atoms with Gasteiger partial charge in [0, 0.05) is 16.1 Å². The van der Waals surface area contributed by atoms with E-state index in [4.69, 9.17) is 27.9 Å². The molecule has 0 heterocycles. The molecule has 0 saturated carbocycles. The lowest BCUT2D eigenvalue weighted by molar-refractivity contribution is 0.0954. The Kier molecular flexibility index (Phi) is 5.25. The zero-order valence-corrected chi connectivity index (χ0v) is 13.0. The van der Waals surface area contributed by atoms with Crippen LogP contribution >= 0.6 is 23.2 Å². The molecule has 1 amide bonds. The van der Waals surface area contributed by atoms with Gasteiger partial charge in [-0.25, -0.2) is 5.43 Å². The number of rotatable bonds is 4. The third-order valence-electron chi connectivity index (χ3n) is 2.77. The first-order chi connectivity index (χ1) is 10.5. The van der Waals surface area contributed by atoms with Crippen molar-refractivity contribution < 1.29 is 14.6 Å². The number of benzene rings is 2. The number of phenols is 1. The van der Waals surface area contributed by atoms with Crippen LogP contribution in [-0.4, -0.2) is 24.3 Å². The highest BCUT2D eigenvalue weighted by Gasteiger charge is 2.08. The van der Waals surface area contributed by atoms with Gasteiger partial charge in [-0.3, -0.25) is 4.79 Å². The average molecular weight is 339 g/mol. The van der Waals surface area contributed by atoms with Crippen molar-refractivity contribution in [2.75, 3.05) is 7.11 Å². The van der Waals surface area contributed by atoms with Crippen LogP contribution in [0, 0.1) is 0 Å². The highest BCUT2D eigenvalue weighted by Crippen LogP contribution is 2.26. The summed E-state index contributed by atoms with van der Waals surface area (Å²) in [6, 6.07) is 9.22. The molecule has 0 aliphatic heterocycles. The van der Waals surface area contributed by atoms with Crippen LogP contribution in [0.1, 0.15) is 15.9 Å². The number of hydrazone groups is 1. The number of carbonyl (C=O) groups is 1. The van der Waals surface area contributed by atoms with Gasteiger partial charge in [0.25, 0.3) is 5.91 Å². The second-order valence-electron chi connectivity index (χ2n) is 4.25. The minimum Gasteiger partial charge on any atom is -0.504 e. The van der Waals surface area contributed by atoms with Gasteiger partial charge in [0.1, 0.15) is 0 Å². The number of carbonyl (C=O) groups excluding carboxylic acids is 1. The Morgan fingerprint density at radius 1 is 1.27 bits per heavy atom. The molecule has 0 bridgehead atoms. The number of amides is 1. The van der Waals surface area contributed by atoms with E-state index >= 15 is 0 Å². The molecular formula is C15H12Cl2N2O3. The van der Waals surface area contributed by atoms with Crippen molar-refractivity contribution in [1.29, 1.82) is 0 Å². The predicted octanol–water partition coefficient (Wildman–Crippen LogP) is 3.47.